The lowest BCUT2D eigenvalue weighted by molar-refractivity contribution is -0.151. The molecular formula is C20H24N4O5. The van der Waals surface area contributed by atoms with E-state index in [1.54, 1.807) is 0 Å². The van der Waals surface area contributed by atoms with Gasteiger partial charge in [0.1, 0.15) is 5.82 Å². The molecule has 1 amide bonds. The molecule has 1 aromatic carbocycles. The molecule has 1 aliphatic rings. The summed E-state index contributed by atoms with van der Waals surface area (Å²) in [6.45, 7) is -0.365. The number of esters is 1. The number of benzene rings is 1. The van der Waals surface area contributed by atoms with Gasteiger partial charge >= 0.3 is 11.7 Å². The van der Waals surface area contributed by atoms with Crippen molar-refractivity contribution in [2.45, 2.75) is 32.2 Å². The number of nitrogens with one attached hydrogen (secondary N) is 1. The molecule has 154 valence electrons. The Hall–Kier alpha value is -3.36. The number of aromatic amines is 1. The van der Waals surface area contributed by atoms with Gasteiger partial charge in [0.25, 0.3) is 11.5 Å². The summed E-state index contributed by atoms with van der Waals surface area (Å²) in [7, 11) is 1.35. The third-order valence-electron chi connectivity index (χ3n) is 5.13. The van der Waals surface area contributed by atoms with E-state index in [2.05, 4.69) is 4.98 Å². The van der Waals surface area contributed by atoms with E-state index in [0.29, 0.717) is 0 Å². The lowest BCUT2D eigenvalue weighted by Crippen LogP contribution is -2.41. The number of likely N-dealkylation sites (N-methyl/N-ethyl adjacent to an activating group) is 1. The Bertz CT molecular complexity index is 1010. The van der Waals surface area contributed by atoms with Crippen molar-refractivity contribution in [1.82, 2.24) is 9.55 Å². The summed E-state index contributed by atoms with van der Waals surface area (Å²) in [5.41, 5.74) is 5.25. The van der Waals surface area contributed by atoms with Gasteiger partial charge in [0.05, 0.1) is 12.5 Å². The van der Waals surface area contributed by atoms with Crippen LogP contribution in [0.2, 0.25) is 0 Å². The molecule has 1 saturated carbocycles. The largest absolute Gasteiger partial charge is 0.455 e. The zero-order chi connectivity index (χ0) is 21.0. The molecular weight excluding hydrogens is 376 g/mol. The average Bonchev–Trinajstić information content (AvgIpc) is 3.24. The SMILES string of the molecule is CN(C(=O)COC(=O)C1CCCC1)c1c(N)n(Cc2ccccc2)c(=O)[nH]c1=O. The first kappa shape index (κ1) is 20.4. The molecule has 0 saturated heterocycles. The molecule has 0 radical (unpaired) electrons. The second-order valence-corrected chi connectivity index (χ2v) is 7.11. The van der Waals surface area contributed by atoms with Gasteiger partial charge < -0.3 is 15.4 Å². The van der Waals surface area contributed by atoms with Crippen LogP contribution in [0.5, 0.6) is 0 Å². The van der Waals surface area contributed by atoms with E-state index >= 15 is 0 Å². The van der Waals surface area contributed by atoms with Crippen molar-refractivity contribution in [2.24, 2.45) is 5.92 Å². The summed E-state index contributed by atoms with van der Waals surface area (Å²) in [5, 5.41) is 0. The Morgan fingerprint density at radius 2 is 1.86 bits per heavy atom. The molecule has 2 aromatic rings. The van der Waals surface area contributed by atoms with E-state index in [0.717, 1.165) is 36.1 Å². The Labute approximate surface area is 167 Å². The van der Waals surface area contributed by atoms with E-state index < -0.39 is 29.7 Å². The number of H-pyrrole nitrogens is 1. The fourth-order valence-electron chi connectivity index (χ4n) is 3.46. The molecule has 0 bridgehead atoms. The van der Waals surface area contributed by atoms with E-state index in [1.165, 1.54) is 11.6 Å². The van der Waals surface area contributed by atoms with Gasteiger partial charge in [-0.3, -0.25) is 23.9 Å². The van der Waals surface area contributed by atoms with Crippen LogP contribution in [0.3, 0.4) is 0 Å². The molecule has 9 heteroatoms. The van der Waals surface area contributed by atoms with Gasteiger partial charge in [-0.2, -0.15) is 0 Å². The average molecular weight is 400 g/mol. The van der Waals surface area contributed by atoms with Gasteiger partial charge in [-0.05, 0) is 18.4 Å². The van der Waals surface area contributed by atoms with Crippen molar-refractivity contribution >= 4 is 23.4 Å². The molecule has 0 aliphatic heterocycles. The topological polar surface area (TPSA) is 127 Å². The molecule has 3 N–H and O–H groups in total. The highest BCUT2D eigenvalue weighted by molar-refractivity contribution is 5.96. The van der Waals surface area contributed by atoms with Crippen LogP contribution in [0.1, 0.15) is 31.2 Å². The van der Waals surface area contributed by atoms with Crippen LogP contribution in [-0.2, 0) is 20.9 Å². The fraction of sp³-hybridized carbons (Fsp3) is 0.400. The molecule has 29 heavy (non-hydrogen) atoms. The molecule has 3 rings (SSSR count). The predicted octanol–water partition coefficient (Wildman–Crippen LogP) is 0.863. The van der Waals surface area contributed by atoms with Crippen LogP contribution in [0.4, 0.5) is 11.5 Å². The number of nitrogen functional groups attached to an aromatic ring is 1. The van der Waals surface area contributed by atoms with Crippen LogP contribution >= 0.6 is 0 Å². The number of nitrogens with zero attached hydrogens (tertiary/aromatic N) is 2. The van der Waals surface area contributed by atoms with Crippen LogP contribution in [0, 0.1) is 5.92 Å². The second kappa shape index (κ2) is 8.76. The molecule has 0 unspecified atom stereocenters. The zero-order valence-electron chi connectivity index (χ0n) is 16.2. The van der Waals surface area contributed by atoms with Gasteiger partial charge in [-0.15, -0.1) is 0 Å². The van der Waals surface area contributed by atoms with Gasteiger partial charge in [-0.25, -0.2) is 4.79 Å². The van der Waals surface area contributed by atoms with E-state index in [9.17, 15) is 19.2 Å². The minimum atomic E-state index is -0.783. The zero-order valence-corrected chi connectivity index (χ0v) is 16.2. The van der Waals surface area contributed by atoms with Crippen molar-refractivity contribution in [3.05, 3.63) is 56.7 Å². The summed E-state index contributed by atoms with van der Waals surface area (Å²) < 4.78 is 6.29. The summed E-state index contributed by atoms with van der Waals surface area (Å²) in [5.74, 6) is -1.33. The highest BCUT2D eigenvalue weighted by Crippen LogP contribution is 2.25. The van der Waals surface area contributed by atoms with Gasteiger partial charge in [0, 0.05) is 7.05 Å². The first-order chi connectivity index (χ1) is 13.9. The third kappa shape index (κ3) is 4.56. The minimum Gasteiger partial charge on any atom is -0.455 e. The molecule has 1 fully saturated rings. The van der Waals surface area contributed by atoms with E-state index in [-0.39, 0.29) is 24.0 Å². The number of carbonyl (C=O) groups excluding carboxylic acids is 2. The maximum atomic E-state index is 12.5. The number of carbonyl (C=O) groups is 2. The van der Waals surface area contributed by atoms with Crippen LogP contribution < -0.4 is 21.9 Å². The van der Waals surface area contributed by atoms with Crippen molar-refractivity contribution in [3.8, 4) is 0 Å². The number of hydrogen-bond donors (Lipinski definition) is 2. The molecule has 1 aromatic heterocycles. The van der Waals surface area contributed by atoms with Crippen molar-refractivity contribution in [2.75, 3.05) is 24.3 Å². The number of ether oxygens (including phenoxy) is 1. The summed E-state index contributed by atoms with van der Waals surface area (Å²) in [4.78, 5) is 52.2. The van der Waals surface area contributed by atoms with E-state index in [1.807, 2.05) is 30.3 Å². The minimum absolute atomic E-state index is 0.133. The fourth-order valence-corrected chi connectivity index (χ4v) is 3.46. The highest BCUT2D eigenvalue weighted by atomic mass is 16.5. The lowest BCUT2D eigenvalue weighted by atomic mass is 10.1. The first-order valence-electron chi connectivity index (χ1n) is 9.48. The summed E-state index contributed by atoms with van der Waals surface area (Å²) in [6, 6.07) is 9.10. The quantitative estimate of drug-likeness (QED) is 0.693. The van der Waals surface area contributed by atoms with Crippen molar-refractivity contribution in [3.63, 3.8) is 0 Å². The van der Waals surface area contributed by atoms with Gasteiger partial charge in [0.2, 0.25) is 0 Å². The standard InChI is InChI=1S/C20H24N4O5/c1-23(15(25)12-29-19(27)14-9-5-6-10-14)16-17(21)24(20(28)22-18(16)26)11-13-7-3-2-4-8-13/h2-4,7-8,14H,5-6,9-12,21H2,1H3,(H,22,26,28). The van der Waals surface area contributed by atoms with Crippen LogP contribution in [-0.4, -0.2) is 35.1 Å². The highest BCUT2D eigenvalue weighted by Gasteiger charge is 2.26. The van der Waals surface area contributed by atoms with Crippen molar-refractivity contribution < 1.29 is 14.3 Å². The molecule has 1 heterocycles. The van der Waals surface area contributed by atoms with Crippen molar-refractivity contribution in [1.29, 1.82) is 0 Å². The number of amides is 1. The maximum Gasteiger partial charge on any atom is 0.330 e. The number of rotatable bonds is 6. The van der Waals surface area contributed by atoms with Gasteiger partial charge in [0.15, 0.2) is 12.3 Å². The van der Waals surface area contributed by atoms with E-state index in [4.69, 9.17) is 10.5 Å². The normalized spacial score (nSPS) is 14.0. The Morgan fingerprint density at radius 3 is 2.52 bits per heavy atom. The molecule has 1 aliphatic carbocycles. The Kier molecular flexibility index (Phi) is 6.16. The number of nitrogens with two attached hydrogens (primary N) is 1. The van der Waals surface area contributed by atoms with Crippen LogP contribution in [0.25, 0.3) is 0 Å². The number of anilines is 2. The lowest BCUT2D eigenvalue weighted by Gasteiger charge is -2.20. The van der Waals surface area contributed by atoms with Crippen LogP contribution in [0.15, 0.2) is 39.9 Å². The third-order valence-corrected chi connectivity index (χ3v) is 5.13. The molecule has 9 nitrogen and oxygen atoms in total. The predicted molar refractivity (Wildman–Crippen MR) is 108 cm³/mol. The maximum absolute atomic E-state index is 12.5. The molecule has 0 atom stereocenters. The number of aromatic nitrogens is 2. The summed E-state index contributed by atoms with van der Waals surface area (Å²) in [6.07, 6.45) is 3.48. The monoisotopic (exact) mass is 400 g/mol. The Morgan fingerprint density at radius 1 is 1.21 bits per heavy atom. The number of hydrogen-bond acceptors (Lipinski definition) is 6. The second-order valence-electron chi connectivity index (χ2n) is 7.11. The summed E-state index contributed by atoms with van der Waals surface area (Å²) >= 11 is 0. The van der Waals surface area contributed by atoms with Gasteiger partial charge in [-0.1, -0.05) is 43.2 Å². The smallest absolute Gasteiger partial charge is 0.330 e. The molecule has 0 spiro atoms. The Balaban J connectivity index is 1.78. The first-order valence-corrected chi connectivity index (χ1v) is 9.48.